The predicted molar refractivity (Wildman–Crippen MR) is 229 cm³/mol. The fourth-order valence-corrected chi connectivity index (χ4v) is 6.72. The molecule has 54 heavy (non-hydrogen) atoms. The Balaban J connectivity index is 4.34. The molecule has 0 aliphatic rings. The monoisotopic (exact) mass is 761 g/mol. The molecule has 1 atom stereocenters. The maximum atomic E-state index is 12.7. The molecule has 0 heterocycles. The summed E-state index contributed by atoms with van der Waals surface area (Å²) in [4.78, 5) is 37.7. The van der Waals surface area contributed by atoms with Gasteiger partial charge in [0.2, 0.25) is 0 Å². The summed E-state index contributed by atoms with van der Waals surface area (Å²) in [6.45, 7) is 6.51. The lowest BCUT2D eigenvalue weighted by Crippen LogP contribution is -2.30. The maximum Gasteiger partial charge on any atom is 0.306 e. The molecule has 0 spiro atoms. The van der Waals surface area contributed by atoms with Crippen molar-refractivity contribution in [2.24, 2.45) is 0 Å². The zero-order valence-corrected chi connectivity index (χ0v) is 36.0. The summed E-state index contributed by atoms with van der Waals surface area (Å²) in [5.74, 6) is -0.882. The van der Waals surface area contributed by atoms with Crippen LogP contribution in [0.15, 0.2) is 24.3 Å². The molecule has 0 amide bonds. The molecular weight excluding hydrogens is 673 g/mol. The van der Waals surface area contributed by atoms with Gasteiger partial charge in [-0.2, -0.15) is 0 Å². The van der Waals surface area contributed by atoms with Gasteiger partial charge in [0.05, 0.1) is 0 Å². The fraction of sp³-hybridized carbons (Fsp3) is 0.854. The minimum Gasteiger partial charge on any atom is -0.462 e. The van der Waals surface area contributed by atoms with Crippen molar-refractivity contribution in [2.45, 2.75) is 252 Å². The van der Waals surface area contributed by atoms with Crippen molar-refractivity contribution in [3.63, 3.8) is 0 Å². The van der Waals surface area contributed by atoms with Crippen molar-refractivity contribution >= 4 is 17.9 Å². The normalized spacial score (nSPS) is 12.1. The van der Waals surface area contributed by atoms with Gasteiger partial charge in [-0.3, -0.25) is 14.4 Å². The van der Waals surface area contributed by atoms with E-state index in [0.717, 1.165) is 89.9 Å². The molecule has 0 bridgehead atoms. The smallest absolute Gasteiger partial charge is 0.306 e. The highest BCUT2D eigenvalue weighted by Gasteiger charge is 2.19. The van der Waals surface area contributed by atoms with Crippen LogP contribution in [0.1, 0.15) is 245 Å². The molecule has 1 unspecified atom stereocenters. The SMILES string of the molecule is CC/C=C\C/C=C\CCCCCCCC(=O)OC(COC(=O)CCCCCCCCCCCC)COC(=O)CCCCCCCCCCCCCCCC. The van der Waals surface area contributed by atoms with E-state index in [-0.39, 0.29) is 31.1 Å². The average Bonchev–Trinajstić information content (AvgIpc) is 3.17. The molecule has 0 radical (unpaired) electrons. The van der Waals surface area contributed by atoms with E-state index in [1.54, 1.807) is 0 Å². The largest absolute Gasteiger partial charge is 0.462 e. The third-order valence-corrected chi connectivity index (χ3v) is 10.2. The number of carbonyl (C=O) groups is 3. The van der Waals surface area contributed by atoms with Gasteiger partial charge in [0.1, 0.15) is 13.2 Å². The van der Waals surface area contributed by atoms with Crippen LogP contribution in [-0.4, -0.2) is 37.2 Å². The van der Waals surface area contributed by atoms with Crippen molar-refractivity contribution in [3.8, 4) is 0 Å². The zero-order valence-electron chi connectivity index (χ0n) is 36.0. The van der Waals surface area contributed by atoms with E-state index in [1.807, 2.05) is 0 Å². The molecule has 6 nitrogen and oxygen atoms in total. The van der Waals surface area contributed by atoms with Crippen molar-refractivity contribution in [2.75, 3.05) is 13.2 Å². The number of rotatable bonds is 42. The van der Waals surface area contributed by atoms with E-state index in [4.69, 9.17) is 14.2 Å². The van der Waals surface area contributed by atoms with Gasteiger partial charge in [0.15, 0.2) is 6.10 Å². The maximum absolute atomic E-state index is 12.7. The molecule has 0 aromatic carbocycles. The zero-order chi connectivity index (χ0) is 39.4. The van der Waals surface area contributed by atoms with Crippen LogP contribution in [0, 0.1) is 0 Å². The number of ether oxygens (including phenoxy) is 3. The van der Waals surface area contributed by atoms with Gasteiger partial charge in [-0.05, 0) is 44.9 Å². The Morgan fingerprint density at radius 3 is 1.11 bits per heavy atom. The van der Waals surface area contributed by atoms with Gasteiger partial charge >= 0.3 is 17.9 Å². The number of hydrogen-bond acceptors (Lipinski definition) is 6. The molecule has 0 aliphatic carbocycles. The second-order valence-electron chi connectivity index (χ2n) is 15.6. The third kappa shape index (κ3) is 41.1. The summed E-state index contributed by atoms with van der Waals surface area (Å²) >= 11 is 0. The van der Waals surface area contributed by atoms with Crippen molar-refractivity contribution in [3.05, 3.63) is 24.3 Å². The van der Waals surface area contributed by atoms with E-state index >= 15 is 0 Å². The minimum atomic E-state index is -0.770. The highest BCUT2D eigenvalue weighted by Crippen LogP contribution is 2.15. The Kier molecular flexibility index (Phi) is 41.9. The Bertz CT molecular complexity index is 880. The summed E-state index contributed by atoms with van der Waals surface area (Å²) in [7, 11) is 0. The first kappa shape index (κ1) is 51.9. The van der Waals surface area contributed by atoms with Crippen molar-refractivity contribution in [1.82, 2.24) is 0 Å². The minimum absolute atomic E-state index is 0.0729. The lowest BCUT2D eigenvalue weighted by atomic mass is 10.0. The van der Waals surface area contributed by atoms with Crippen LogP contribution in [0.3, 0.4) is 0 Å². The molecule has 0 aromatic rings. The van der Waals surface area contributed by atoms with Crippen LogP contribution in [0.5, 0.6) is 0 Å². The van der Waals surface area contributed by atoms with Crippen LogP contribution in [0.2, 0.25) is 0 Å². The van der Waals surface area contributed by atoms with Crippen molar-refractivity contribution in [1.29, 1.82) is 0 Å². The molecule has 0 rings (SSSR count). The second kappa shape index (κ2) is 43.6. The molecule has 0 saturated heterocycles. The Hall–Kier alpha value is -2.11. The van der Waals surface area contributed by atoms with Gasteiger partial charge in [0, 0.05) is 19.3 Å². The molecule has 0 saturated carbocycles. The number of hydrogen-bond donors (Lipinski definition) is 0. The van der Waals surface area contributed by atoms with Crippen LogP contribution in [-0.2, 0) is 28.6 Å². The molecular formula is C48H88O6. The fourth-order valence-electron chi connectivity index (χ4n) is 6.72. The average molecular weight is 761 g/mol. The first-order chi connectivity index (χ1) is 26.5. The Morgan fingerprint density at radius 1 is 0.389 bits per heavy atom. The number of carbonyl (C=O) groups excluding carboxylic acids is 3. The van der Waals surface area contributed by atoms with Gasteiger partial charge in [-0.1, -0.05) is 206 Å². The van der Waals surface area contributed by atoms with Crippen LogP contribution < -0.4 is 0 Å². The van der Waals surface area contributed by atoms with E-state index in [9.17, 15) is 14.4 Å². The Morgan fingerprint density at radius 2 is 0.722 bits per heavy atom. The highest BCUT2D eigenvalue weighted by molar-refractivity contribution is 5.71. The molecule has 0 aromatic heterocycles. The van der Waals surface area contributed by atoms with E-state index in [1.165, 1.54) is 116 Å². The quantitative estimate of drug-likeness (QED) is 0.0267. The molecule has 6 heteroatoms. The van der Waals surface area contributed by atoms with E-state index in [2.05, 4.69) is 45.1 Å². The lowest BCUT2D eigenvalue weighted by Gasteiger charge is -2.18. The summed E-state index contributed by atoms with van der Waals surface area (Å²) in [6.07, 6.45) is 47.3. The topological polar surface area (TPSA) is 78.9 Å². The Labute approximate surface area is 334 Å². The number of esters is 3. The molecule has 0 N–H and O–H groups in total. The summed E-state index contributed by atoms with van der Waals surface area (Å²) in [6, 6.07) is 0. The first-order valence-electron chi connectivity index (χ1n) is 23.3. The summed E-state index contributed by atoms with van der Waals surface area (Å²) < 4.78 is 16.7. The van der Waals surface area contributed by atoms with Crippen LogP contribution in [0.25, 0.3) is 0 Å². The molecule has 0 fully saturated rings. The van der Waals surface area contributed by atoms with Gasteiger partial charge < -0.3 is 14.2 Å². The molecule has 0 aliphatic heterocycles. The first-order valence-corrected chi connectivity index (χ1v) is 23.3. The standard InChI is InChI=1S/C48H88O6/c1-4-7-10-13-16-19-22-24-25-27-29-32-35-38-41-47(50)53-44-45(43-52-46(49)40-37-34-31-28-21-18-15-12-9-6-3)54-48(51)42-39-36-33-30-26-23-20-17-14-11-8-5-2/h8,11,17,20,45H,4-7,9-10,12-16,18-19,21-44H2,1-3H3/b11-8-,20-17-. The van der Waals surface area contributed by atoms with E-state index < -0.39 is 6.10 Å². The lowest BCUT2D eigenvalue weighted by molar-refractivity contribution is -0.167. The van der Waals surface area contributed by atoms with Gasteiger partial charge in [-0.25, -0.2) is 0 Å². The number of unbranched alkanes of at least 4 members (excludes halogenated alkanes) is 27. The van der Waals surface area contributed by atoms with Gasteiger partial charge in [0.25, 0.3) is 0 Å². The van der Waals surface area contributed by atoms with Crippen LogP contribution in [0.4, 0.5) is 0 Å². The summed E-state index contributed by atoms with van der Waals surface area (Å²) in [5.41, 5.74) is 0. The van der Waals surface area contributed by atoms with E-state index in [0.29, 0.717) is 19.3 Å². The predicted octanol–water partition coefficient (Wildman–Crippen LogP) is 14.8. The highest BCUT2D eigenvalue weighted by atomic mass is 16.6. The van der Waals surface area contributed by atoms with Crippen LogP contribution >= 0.6 is 0 Å². The second-order valence-corrected chi connectivity index (χ2v) is 15.6. The van der Waals surface area contributed by atoms with Crippen molar-refractivity contribution < 1.29 is 28.6 Å². The third-order valence-electron chi connectivity index (χ3n) is 10.2. The molecule has 316 valence electrons. The van der Waals surface area contributed by atoms with Gasteiger partial charge in [-0.15, -0.1) is 0 Å². The number of allylic oxidation sites excluding steroid dienone is 4. The summed E-state index contributed by atoms with van der Waals surface area (Å²) in [5, 5.41) is 0.